The highest BCUT2D eigenvalue weighted by Gasteiger charge is 2.06. The molecular formula is C15H18N2. The van der Waals surface area contributed by atoms with E-state index in [0.717, 1.165) is 12.1 Å². The van der Waals surface area contributed by atoms with E-state index in [2.05, 4.69) is 49.3 Å². The lowest BCUT2D eigenvalue weighted by Gasteiger charge is -2.17. The Balaban J connectivity index is 2.34. The van der Waals surface area contributed by atoms with Crippen LogP contribution in [-0.4, -0.2) is 14.1 Å². The van der Waals surface area contributed by atoms with Gasteiger partial charge in [0.1, 0.15) is 0 Å². The molecule has 17 heavy (non-hydrogen) atoms. The van der Waals surface area contributed by atoms with Crippen molar-refractivity contribution < 1.29 is 0 Å². The van der Waals surface area contributed by atoms with Crippen molar-refractivity contribution in [3.05, 3.63) is 59.7 Å². The fourth-order valence-electron chi connectivity index (χ4n) is 2.00. The van der Waals surface area contributed by atoms with Crippen LogP contribution in [0.5, 0.6) is 0 Å². The molecular weight excluding hydrogens is 208 g/mol. The highest BCUT2D eigenvalue weighted by atomic mass is 15.1. The molecule has 2 heteroatoms. The zero-order chi connectivity index (χ0) is 12.3. The Morgan fingerprint density at radius 3 is 2.12 bits per heavy atom. The lowest BCUT2D eigenvalue weighted by Crippen LogP contribution is -2.11. The number of para-hydroxylation sites is 2. The summed E-state index contributed by atoms with van der Waals surface area (Å²) in [6.45, 7) is 0. The van der Waals surface area contributed by atoms with Gasteiger partial charge in [0.25, 0.3) is 0 Å². The third-order valence-corrected chi connectivity index (χ3v) is 2.91. The third kappa shape index (κ3) is 2.59. The first-order valence-electron chi connectivity index (χ1n) is 5.77. The number of nitrogen functional groups attached to an aromatic ring is 1. The maximum atomic E-state index is 5.98. The topological polar surface area (TPSA) is 29.3 Å². The zero-order valence-electron chi connectivity index (χ0n) is 10.4. The highest BCUT2D eigenvalue weighted by molar-refractivity contribution is 5.57. The summed E-state index contributed by atoms with van der Waals surface area (Å²) in [5.41, 5.74) is 10.6. The molecule has 0 saturated carbocycles. The minimum absolute atomic E-state index is 0.862. The van der Waals surface area contributed by atoms with Crippen molar-refractivity contribution in [1.29, 1.82) is 0 Å². The second-order valence-electron chi connectivity index (χ2n) is 4.40. The second kappa shape index (κ2) is 4.91. The Morgan fingerprint density at radius 2 is 1.47 bits per heavy atom. The Kier molecular flexibility index (Phi) is 3.33. The van der Waals surface area contributed by atoms with Crippen LogP contribution in [0.25, 0.3) is 0 Å². The normalized spacial score (nSPS) is 10.2. The van der Waals surface area contributed by atoms with Crippen molar-refractivity contribution in [1.82, 2.24) is 0 Å². The molecule has 0 radical (unpaired) electrons. The first kappa shape index (κ1) is 11.5. The monoisotopic (exact) mass is 226 g/mol. The summed E-state index contributed by atoms with van der Waals surface area (Å²) in [4.78, 5) is 2.13. The third-order valence-electron chi connectivity index (χ3n) is 2.91. The largest absolute Gasteiger partial charge is 0.398 e. The van der Waals surface area contributed by atoms with Crippen LogP contribution in [0, 0.1) is 0 Å². The van der Waals surface area contributed by atoms with Crippen molar-refractivity contribution in [2.45, 2.75) is 6.42 Å². The van der Waals surface area contributed by atoms with Gasteiger partial charge in [0.15, 0.2) is 0 Å². The van der Waals surface area contributed by atoms with Gasteiger partial charge in [-0.15, -0.1) is 0 Å². The number of hydrogen-bond acceptors (Lipinski definition) is 2. The molecule has 0 saturated heterocycles. The summed E-state index contributed by atoms with van der Waals surface area (Å²) >= 11 is 0. The van der Waals surface area contributed by atoms with Gasteiger partial charge in [-0.2, -0.15) is 0 Å². The zero-order valence-corrected chi connectivity index (χ0v) is 10.4. The van der Waals surface area contributed by atoms with Gasteiger partial charge in [-0.3, -0.25) is 0 Å². The predicted octanol–water partition coefficient (Wildman–Crippen LogP) is 2.93. The molecule has 2 N–H and O–H groups in total. The number of anilines is 2. The van der Waals surface area contributed by atoms with E-state index in [0.29, 0.717) is 0 Å². The van der Waals surface area contributed by atoms with Gasteiger partial charge >= 0.3 is 0 Å². The highest BCUT2D eigenvalue weighted by Crippen LogP contribution is 2.23. The summed E-state index contributed by atoms with van der Waals surface area (Å²) in [6, 6.07) is 16.5. The molecule has 2 aromatic rings. The van der Waals surface area contributed by atoms with Crippen LogP contribution >= 0.6 is 0 Å². The van der Waals surface area contributed by atoms with Crippen molar-refractivity contribution in [2.24, 2.45) is 0 Å². The molecule has 2 nitrogen and oxygen atoms in total. The molecule has 2 aromatic carbocycles. The molecule has 0 fully saturated rings. The number of nitrogens with two attached hydrogens (primary N) is 1. The Bertz CT molecular complexity index is 504. The molecule has 0 spiro atoms. The average Bonchev–Trinajstić information content (AvgIpc) is 2.32. The Morgan fingerprint density at radius 1 is 0.882 bits per heavy atom. The van der Waals surface area contributed by atoms with E-state index in [9.17, 15) is 0 Å². The maximum Gasteiger partial charge on any atom is 0.0396 e. The molecule has 0 unspecified atom stereocenters. The van der Waals surface area contributed by atoms with Crippen LogP contribution in [0.15, 0.2) is 48.5 Å². The lowest BCUT2D eigenvalue weighted by molar-refractivity contribution is 1.08. The molecule has 2 rings (SSSR count). The van der Waals surface area contributed by atoms with E-state index in [1.165, 1.54) is 16.8 Å². The smallest absolute Gasteiger partial charge is 0.0396 e. The SMILES string of the molecule is CN(C)c1ccccc1Cc1ccccc1N. The van der Waals surface area contributed by atoms with E-state index in [-0.39, 0.29) is 0 Å². The molecule has 0 amide bonds. The van der Waals surface area contributed by atoms with Gasteiger partial charge < -0.3 is 10.6 Å². The number of hydrogen-bond donors (Lipinski definition) is 1. The molecule has 0 aliphatic heterocycles. The van der Waals surface area contributed by atoms with Gasteiger partial charge in [-0.25, -0.2) is 0 Å². The number of benzene rings is 2. The Hall–Kier alpha value is -1.96. The molecule has 0 atom stereocenters. The predicted molar refractivity (Wildman–Crippen MR) is 74.4 cm³/mol. The van der Waals surface area contributed by atoms with Gasteiger partial charge in [0.2, 0.25) is 0 Å². The average molecular weight is 226 g/mol. The molecule has 0 aliphatic rings. The first-order valence-corrected chi connectivity index (χ1v) is 5.77. The summed E-state index contributed by atoms with van der Waals surface area (Å²) < 4.78 is 0. The second-order valence-corrected chi connectivity index (χ2v) is 4.40. The van der Waals surface area contributed by atoms with Crippen LogP contribution in [0.1, 0.15) is 11.1 Å². The van der Waals surface area contributed by atoms with E-state index in [1.807, 2.05) is 18.2 Å². The summed E-state index contributed by atoms with van der Waals surface area (Å²) in [7, 11) is 4.13. The molecule has 0 bridgehead atoms. The van der Waals surface area contributed by atoms with Crippen LogP contribution in [0.3, 0.4) is 0 Å². The van der Waals surface area contributed by atoms with Crippen LogP contribution < -0.4 is 10.6 Å². The minimum atomic E-state index is 0.862. The van der Waals surface area contributed by atoms with Gasteiger partial charge in [0.05, 0.1) is 0 Å². The first-order chi connectivity index (χ1) is 8.18. The number of nitrogens with zero attached hydrogens (tertiary/aromatic N) is 1. The molecule has 0 heterocycles. The molecule has 0 aromatic heterocycles. The van der Waals surface area contributed by atoms with Crippen molar-refractivity contribution in [2.75, 3.05) is 24.7 Å². The Labute approximate surface area is 103 Å². The van der Waals surface area contributed by atoms with Gasteiger partial charge in [-0.1, -0.05) is 36.4 Å². The van der Waals surface area contributed by atoms with E-state index in [4.69, 9.17) is 5.73 Å². The van der Waals surface area contributed by atoms with Crippen molar-refractivity contribution >= 4 is 11.4 Å². The maximum absolute atomic E-state index is 5.98. The van der Waals surface area contributed by atoms with Crippen molar-refractivity contribution in [3.63, 3.8) is 0 Å². The van der Waals surface area contributed by atoms with Crippen LogP contribution in [0.2, 0.25) is 0 Å². The summed E-state index contributed by atoms with van der Waals surface area (Å²) in [5, 5.41) is 0. The van der Waals surface area contributed by atoms with E-state index >= 15 is 0 Å². The quantitative estimate of drug-likeness (QED) is 0.815. The fraction of sp³-hybridized carbons (Fsp3) is 0.200. The number of rotatable bonds is 3. The fourth-order valence-corrected chi connectivity index (χ4v) is 2.00. The van der Waals surface area contributed by atoms with E-state index < -0.39 is 0 Å². The molecule has 88 valence electrons. The lowest BCUT2D eigenvalue weighted by atomic mass is 10.0. The standard InChI is InChI=1S/C15H18N2/c1-17(2)15-10-6-4-8-13(15)11-12-7-3-5-9-14(12)16/h3-10H,11,16H2,1-2H3. The summed E-state index contributed by atoms with van der Waals surface area (Å²) in [5.74, 6) is 0. The van der Waals surface area contributed by atoms with Crippen LogP contribution in [-0.2, 0) is 6.42 Å². The molecule has 0 aliphatic carbocycles. The van der Waals surface area contributed by atoms with Crippen LogP contribution in [0.4, 0.5) is 11.4 Å². The minimum Gasteiger partial charge on any atom is -0.398 e. The van der Waals surface area contributed by atoms with Gasteiger partial charge in [-0.05, 0) is 23.3 Å². The summed E-state index contributed by atoms with van der Waals surface area (Å²) in [6.07, 6.45) is 0.876. The van der Waals surface area contributed by atoms with Gasteiger partial charge in [0, 0.05) is 31.9 Å². The van der Waals surface area contributed by atoms with E-state index in [1.54, 1.807) is 0 Å². The van der Waals surface area contributed by atoms with Crippen molar-refractivity contribution in [3.8, 4) is 0 Å².